The summed E-state index contributed by atoms with van der Waals surface area (Å²) in [5.41, 5.74) is 2.13. The van der Waals surface area contributed by atoms with Crippen molar-refractivity contribution in [3.05, 3.63) is 39.1 Å². The molecule has 0 N–H and O–H groups in total. The summed E-state index contributed by atoms with van der Waals surface area (Å²) in [6.45, 7) is 3.61. The fraction of sp³-hybridized carbons (Fsp3) is 0.231. The molecule has 2 rings (SSSR count). The van der Waals surface area contributed by atoms with Crippen LogP contribution in [0.5, 0.6) is 0 Å². The van der Waals surface area contributed by atoms with Gasteiger partial charge in [-0.15, -0.1) is 0 Å². The van der Waals surface area contributed by atoms with Crippen molar-refractivity contribution in [1.29, 1.82) is 5.26 Å². The second kappa shape index (κ2) is 5.57. The largest absolute Gasteiger partial charge is 0.254 e. The summed E-state index contributed by atoms with van der Waals surface area (Å²) in [5, 5.41) is 14.1. The molecule has 1 atom stereocenters. The van der Waals surface area contributed by atoms with E-state index in [2.05, 4.69) is 5.10 Å². The molecule has 0 bridgehead atoms. The summed E-state index contributed by atoms with van der Waals surface area (Å²) < 4.78 is 13.2. The van der Waals surface area contributed by atoms with Gasteiger partial charge in [-0.05, 0) is 31.5 Å². The molecule has 4 nitrogen and oxygen atoms in total. The summed E-state index contributed by atoms with van der Waals surface area (Å²) in [4.78, 5) is 0.403. The number of benzene rings is 1. The topological polar surface area (TPSA) is 58.7 Å². The molecule has 104 valence electrons. The maximum absolute atomic E-state index is 11.8. The van der Waals surface area contributed by atoms with Gasteiger partial charge in [0.15, 0.2) is 5.69 Å². The van der Waals surface area contributed by atoms with Crippen LogP contribution in [0.15, 0.2) is 17.0 Å². The Hall–Kier alpha value is -1.35. The molecule has 20 heavy (non-hydrogen) atoms. The fourth-order valence-corrected chi connectivity index (χ4v) is 3.64. The van der Waals surface area contributed by atoms with Gasteiger partial charge in [-0.3, -0.25) is 4.21 Å². The van der Waals surface area contributed by atoms with Crippen molar-refractivity contribution in [2.45, 2.75) is 18.7 Å². The molecule has 0 aliphatic carbocycles. The molecule has 0 aliphatic rings. The van der Waals surface area contributed by atoms with Gasteiger partial charge in [0.1, 0.15) is 11.8 Å². The van der Waals surface area contributed by atoms with E-state index in [0.717, 1.165) is 5.56 Å². The van der Waals surface area contributed by atoms with E-state index < -0.39 is 10.8 Å². The number of aryl methyl sites for hydroxylation is 1. The van der Waals surface area contributed by atoms with E-state index in [0.29, 0.717) is 26.3 Å². The number of hydrogen-bond donors (Lipinski definition) is 0. The highest BCUT2D eigenvalue weighted by Gasteiger charge is 2.21. The lowest BCUT2D eigenvalue weighted by Crippen LogP contribution is -2.02. The van der Waals surface area contributed by atoms with Crippen molar-refractivity contribution in [3.63, 3.8) is 0 Å². The average molecular weight is 328 g/mol. The number of halogens is 2. The first-order chi connectivity index (χ1) is 9.36. The highest BCUT2D eigenvalue weighted by atomic mass is 35.5. The van der Waals surface area contributed by atoms with Gasteiger partial charge in [-0.25, -0.2) is 4.68 Å². The maximum atomic E-state index is 11.8. The Bertz CT molecular complexity index is 739. The second-order valence-corrected chi connectivity index (χ2v) is 6.45. The third-order valence-electron chi connectivity index (χ3n) is 2.83. The smallest absolute Gasteiger partial charge is 0.179 e. The Balaban J connectivity index is 2.79. The number of rotatable bonds is 2. The van der Waals surface area contributed by atoms with E-state index in [1.165, 1.54) is 10.9 Å². The van der Waals surface area contributed by atoms with Crippen molar-refractivity contribution < 1.29 is 4.21 Å². The Labute approximate surface area is 129 Å². The predicted molar refractivity (Wildman–Crippen MR) is 80.1 cm³/mol. The molecular weight excluding hydrogens is 317 g/mol. The van der Waals surface area contributed by atoms with Gasteiger partial charge in [0.05, 0.1) is 31.4 Å². The van der Waals surface area contributed by atoms with Gasteiger partial charge in [0.2, 0.25) is 0 Å². The predicted octanol–water partition coefficient (Wildman–Crippen LogP) is 3.41. The molecule has 7 heteroatoms. The molecule has 0 aliphatic heterocycles. The summed E-state index contributed by atoms with van der Waals surface area (Å²) in [7, 11) is -1.31. The van der Waals surface area contributed by atoms with Gasteiger partial charge < -0.3 is 0 Å². The SMILES string of the molecule is Cc1cc(Cl)c(-n2nc(C#N)c(S(C)=O)c2C)c(Cl)c1. The van der Waals surface area contributed by atoms with Crippen LogP contribution in [0, 0.1) is 25.2 Å². The quantitative estimate of drug-likeness (QED) is 0.849. The van der Waals surface area contributed by atoms with Gasteiger partial charge in [-0.2, -0.15) is 10.4 Å². The fourth-order valence-electron chi connectivity index (χ4n) is 2.02. The van der Waals surface area contributed by atoms with Crippen LogP contribution in [0.25, 0.3) is 5.69 Å². The minimum absolute atomic E-state index is 0.121. The molecule has 1 aromatic carbocycles. The van der Waals surface area contributed by atoms with Crippen LogP contribution in [0.4, 0.5) is 0 Å². The van der Waals surface area contributed by atoms with Gasteiger partial charge in [-0.1, -0.05) is 23.2 Å². The van der Waals surface area contributed by atoms with Crippen LogP contribution in [-0.4, -0.2) is 20.2 Å². The Morgan fingerprint density at radius 1 is 1.30 bits per heavy atom. The number of nitrogens with zero attached hydrogens (tertiary/aromatic N) is 3. The summed E-state index contributed by atoms with van der Waals surface area (Å²) >= 11 is 12.4. The van der Waals surface area contributed by atoms with Crippen molar-refractivity contribution in [2.24, 2.45) is 0 Å². The van der Waals surface area contributed by atoms with Crippen molar-refractivity contribution in [1.82, 2.24) is 9.78 Å². The monoisotopic (exact) mass is 327 g/mol. The van der Waals surface area contributed by atoms with E-state index >= 15 is 0 Å². The zero-order valence-corrected chi connectivity index (χ0v) is 13.4. The molecule has 0 saturated carbocycles. The number of aromatic nitrogens is 2. The molecule has 1 aromatic heterocycles. The maximum Gasteiger partial charge on any atom is 0.179 e. The Kier molecular flexibility index (Phi) is 4.19. The van der Waals surface area contributed by atoms with Crippen molar-refractivity contribution >= 4 is 34.0 Å². The lowest BCUT2D eigenvalue weighted by molar-refractivity contribution is 0.686. The lowest BCUT2D eigenvalue weighted by atomic mass is 10.2. The van der Waals surface area contributed by atoms with Crippen LogP contribution in [0.2, 0.25) is 10.0 Å². The van der Waals surface area contributed by atoms with Crippen LogP contribution in [0.3, 0.4) is 0 Å². The van der Waals surface area contributed by atoms with E-state index in [-0.39, 0.29) is 5.69 Å². The highest BCUT2D eigenvalue weighted by Crippen LogP contribution is 2.32. The normalized spacial score (nSPS) is 12.2. The zero-order valence-electron chi connectivity index (χ0n) is 11.1. The first-order valence-electron chi connectivity index (χ1n) is 5.66. The van der Waals surface area contributed by atoms with Crippen molar-refractivity contribution in [3.8, 4) is 11.8 Å². The van der Waals surface area contributed by atoms with E-state index in [1.54, 1.807) is 19.1 Å². The van der Waals surface area contributed by atoms with Crippen LogP contribution < -0.4 is 0 Å². The van der Waals surface area contributed by atoms with Crippen LogP contribution in [-0.2, 0) is 10.8 Å². The molecule has 0 saturated heterocycles. The van der Waals surface area contributed by atoms with E-state index in [1.807, 2.05) is 13.0 Å². The zero-order chi connectivity index (χ0) is 15.0. The molecule has 0 spiro atoms. The summed E-state index contributed by atoms with van der Waals surface area (Å²) in [6.07, 6.45) is 1.51. The van der Waals surface area contributed by atoms with Crippen LogP contribution in [0.1, 0.15) is 17.0 Å². The second-order valence-electron chi connectivity index (χ2n) is 4.32. The molecule has 2 aromatic rings. The summed E-state index contributed by atoms with van der Waals surface area (Å²) in [5.74, 6) is 0. The average Bonchev–Trinajstić information content (AvgIpc) is 2.65. The Morgan fingerprint density at radius 2 is 1.85 bits per heavy atom. The highest BCUT2D eigenvalue weighted by molar-refractivity contribution is 7.84. The van der Waals surface area contributed by atoms with E-state index in [4.69, 9.17) is 28.5 Å². The first-order valence-corrected chi connectivity index (χ1v) is 7.97. The van der Waals surface area contributed by atoms with Gasteiger partial charge in [0, 0.05) is 6.26 Å². The minimum atomic E-state index is -1.31. The summed E-state index contributed by atoms with van der Waals surface area (Å²) in [6, 6.07) is 5.47. The molecule has 1 heterocycles. The number of hydrogen-bond acceptors (Lipinski definition) is 3. The first kappa shape index (κ1) is 15.0. The van der Waals surface area contributed by atoms with Crippen molar-refractivity contribution in [2.75, 3.05) is 6.26 Å². The Morgan fingerprint density at radius 3 is 2.25 bits per heavy atom. The van der Waals surface area contributed by atoms with Gasteiger partial charge >= 0.3 is 0 Å². The third-order valence-corrected chi connectivity index (χ3v) is 4.47. The molecule has 0 amide bonds. The lowest BCUT2D eigenvalue weighted by Gasteiger charge is -2.10. The third kappa shape index (κ3) is 2.47. The minimum Gasteiger partial charge on any atom is -0.254 e. The number of nitriles is 1. The van der Waals surface area contributed by atoms with Crippen LogP contribution >= 0.6 is 23.2 Å². The molecule has 0 fully saturated rings. The molecule has 0 radical (unpaired) electrons. The molecular formula is C13H11Cl2N3OS. The standard InChI is InChI=1S/C13H11Cl2N3OS/c1-7-4-9(14)12(10(15)5-7)18-8(2)13(20(3)19)11(6-16)17-18/h4-5H,1-3H3. The molecule has 1 unspecified atom stereocenters. The van der Waals surface area contributed by atoms with Gasteiger partial charge in [0.25, 0.3) is 0 Å². The van der Waals surface area contributed by atoms with E-state index in [9.17, 15) is 4.21 Å².